The molecule has 1 heterocycles. The third-order valence-corrected chi connectivity index (χ3v) is 4.38. The summed E-state index contributed by atoms with van der Waals surface area (Å²) in [5, 5.41) is 3.24. The van der Waals surface area contributed by atoms with E-state index in [1.807, 2.05) is 38.1 Å². The van der Waals surface area contributed by atoms with Crippen molar-refractivity contribution in [3.05, 3.63) is 76.1 Å². The second-order valence-corrected chi connectivity index (χ2v) is 6.56. The molecule has 1 aromatic heterocycles. The SMILES string of the molecule is CCCN(CC(=O)Nc1ccccc1C)C(=O)c1cc(=O)c2ccccc2o1. The quantitative estimate of drug-likeness (QED) is 0.711. The minimum atomic E-state index is -0.482. The smallest absolute Gasteiger partial charge is 0.290 e. The number of aryl methyl sites for hydroxylation is 1. The number of amides is 2. The molecule has 6 nitrogen and oxygen atoms in total. The Labute approximate surface area is 162 Å². The van der Waals surface area contributed by atoms with Gasteiger partial charge in [0.05, 0.1) is 5.39 Å². The van der Waals surface area contributed by atoms with Crippen LogP contribution in [0.1, 0.15) is 29.5 Å². The van der Waals surface area contributed by atoms with Gasteiger partial charge in [-0.2, -0.15) is 0 Å². The zero-order valence-corrected chi connectivity index (χ0v) is 15.9. The zero-order chi connectivity index (χ0) is 20.1. The van der Waals surface area contributed by atoms with E-state index < -0.39 is 5.91 Å². The van der Waals surface area contributed by atoms with E-state index in [2.05, 4.69) is 5.32 Å². The Morgan fingerprint density at radius 1 is 1.07 bits per heavy atom. The van der Waals surface area contributed by atoms with E-state index >= 15 is 0 Å². The number of rotatable bonds is 6. The molecule has 2 amide bonds. The summed E-state index contributed by atoms with van der Waals surface area (Å²) >= 11 is 0. The second kappa shape index (κ2) is 8.52. The highest BCUT2D eigenvalue weighted by atomic mass is 16.3. The molecule has 6 heteroatoms. The van der Waals surface area contributed by atoms with E-state index in [1.54, 1.807) is 24.3 Å². The summed E-state index contributed by atoms with van der Waals surface area (Å²) in [6, 6.07) is 15.4. The number of hydrogen-bond acceptors (Lipinski definition) is 4. The molecule has 0 fully saturated rings. The van der Waals surface area contributed by atoms with Gasteiger partial charge in [0, 0.05) is 18.3 Å². The van der Waals surface area contributed by atoms with Gasteiger partial charge in [-0.05, 0) is 37.1 Å². The van der Waals surface area contributed by atoms with Crippen molar-refractivity contribution in [2.45, 2.75) is 20.3 Å². The van der Waals surface area contributed by atoms with Crippen molar-refractivity contribution in [2.24, 2.45) is 0 Å². The monoisotopic (exact) mass is 378 g/mol. The van der Waals surface area contributed by atoms with E-state index in [1.165, 1.54) is 11.0 Å². The van der Waals surface area contributed by atoms with Gasteiger partial charge < -0.3 is 14.6 Å². The van der Waals surface area contributed by atoms with E-state index in [0.717, 1.165) is 5.56 Å². The number of nitrogens with one attached hydrogen (secondary N) is 1. The van der Waals surface area contributed by atoms with Crippen molar-refractivity contribution < 1.29 is 14.0 Å². The number of fused-ring (bicyclic) bond motifs is 1. The summed E-state index contributed by atoms with van der Waals surface area (Å²) in [6.45, 7) is 4.05. The number of carbonyl (C=O) groups is 2. The average Bonchev–Trinajstić information content (AvgIpc) is 2.69. The normalized spacial score (nSPS) is 10.6. The molecular formula is C22H22N2O4. The van der Waals surface area contributed by atoms with Crippen molar-refractivity contribution in [2.75, 3.05) is 18.4 Å². The van der Waals surface area contributed by atoms with E-state index in [-0.39, 0.29) is 23.6 Å². The molecule has 0 saturated heterocycles. The van der Waals surface area contributed by atoms with Gasteiger partial charge in [-0.1, -0.05) is 37.3 Å². The lowest BCUT2D eigenvalue weighted by atomic mass is 10.2. The highest BCUT2D eigenvalue weighted by Gasteiger charge is 2.21. The minimum Gasteiger partial charge on any atom is -0.451 e. The number of nitrogens with zero attached hydrogens (tertiary/aromatic N) is 1. The summed E-state index contributed by atoms with van der Waals surface area (Å²) < 4.78 is 5.63. The third-order valence-electron chi connectivity index (χ3n) is 4.38. The van der Waals surface area contributed by atoms with Crippen molar-refractivity contribution >= 4 is 28.5 Å². The summed E-state index contributed by atoms with van der Waals surface area (Å²) in [7, 11) is 0. The predicted octanol–water partition coefficient (Wildman–Crippen LogP) is 3.59. The lowest BCUT2D eigenvalue weighted by molar-refractivity contribution is -0.116. The second-order valence-electron chi connectivity index (χ2n) is 6.56. The van der Waals surface area contributed by atoms with Gasteiger partial charge in [0.25, 0.3) is 5.91 Å². The van der Waals surface area contributed by atoms with E-state index in [4.69, 9.17) is 4.42 Å². The Morgan fingerprint density at radius 3 is 2.54 bits per heavy atom. The largest absolute Gasteiger partial charge is 0.451 e. The molecule has 28 heavy (non-hydrogen) atoms. The number of benzene rings is 2. The molecule has 0 aliphatic carbocycles. The molecule has 0 unspecified atom stereocenters. The maximum absolute atomic E-state index is 12.9. The highest BCUT2D eigenvalue weighted by Crippen LogP contribution is 2.15. The van der Waals surface area contributed by atoms with E-state index in [0.29, 0.717) is 29.6 Å². The lowest BCUT2D eigenvalue weighted by Gasteiger charge is -2.21. The Morgan fingerprint density at radius 2 is 1.79 bits per heavy atom. The van der Waals surface area contributed by atoms with Crippen LogP contribution < -0.4 is 10.7 Å². The van der Waals surface area contributed by atoms with Crippen molar-refractivity contribution in [1.29, 1.82) is 0 Å². The molecule has 0 aliphatic rings. The molecule has 0 radical (unpaired) electrons. The standard InChI is InChI=1S/C22H22N2O4/c1-3-12-24(14-21(26)23-17-10-6-4-8-15(17)2)22(27)20-13-18(25)16-9-5-7-11-19(16)28-20/h4-11,13H,3,12,14H2,1-2H3,(H,23,26). The molecular weight excluding hydrogens is 356 g/mol. The zero-order valence-electron chi connectivity index (χ0n) is 15.9. The fourth-order valence-electron chi connectivity index (χ4n) is 2.96. The van der Waals surface area contributed by atoms with Gasteiger partial charge in [0.2, 0.25) is 5.91 Å². The maximum Gasteiger partial charge on any atom is 0.290 e. The number of anilines is 1. The van der Waals surface area contributed by atoms with Gasteiger partial charge in [0.15, 0.2) is 11.2 Å². The number of para-hydroxylation sites is 2. The van der Waals surface area contributed by atoms with Gasteiger partial charge in [-0.25, -0.2) is 0 Å². The van der Waals surface area contributed by atoms with Crippen LogP contribution in [0, 0.1) is 6.92 Å². The first kappa shape index (κ1) is 19.4. The summed E-state index contributed by atoms with van der Waals surface area (Å²) in [6.07, 6.45) is 0.668. The van der Waals surface area contributed by atoms with Crippen molar-refractivity contribution in [1.82, 2.24) is 4.90 Å². The van der Waals surface area contributed by atoms with Crippen LogP contribution >= 0.6 is 0 Å². The first-order valence-electron chi connectivity index (χ1n) is 9.17. The first-order chi connectivity index (χ1) is 13.5. The molecule has 0 saturated carbocycles. The molecule has 1 N–H and O–H groups in total. The fourth-order valence-corrected chi connectivity index (χ4v) is 2.96. The highest BCUT2D eigenvalue weighted by molar-refractivity contribution is 5.99. The number of carbonyl (C=O) groups excluding carboxylic acids is 2. The van der Waals surface area contributed by atoms with Gasteiger partial charge in [-0.3, -0.25) is 14.4 Å². The molecule has 0 spiro atoms. The molecule has 3 aromatic rings. The Hall–Kier alpha value is -3.41. The molecule has 0 atom stereocenters. The van der Waals surface area contributed by atoms with Crippen LogP contribution in [0.3, 0.4) is 0 Å². The van der Waals surface area contributed by atoms with Gasteiger partial charge in [0.1, 0.15) is 12.1 Å². The molecule has 0 bridgehead atoms. The van der Waals surface area contributed by atoms with Crippen LogP contribution in [-0.2, 0) is 4.79 Å². The van der Waals surface area contributed by atoms with Crippen LogP contribution in [0.15, 0.2) is 63.8 Å². The topological polar surface area (TPSA) is 79.6 Å². The number of hydrogen-bond donors (Lipinski definition) is 1. The van der Waals surface area contributed by atoms with E-state index in [9.17, 15) is 14.4 Å². The first-order valence-corrected chi connectivity index (χ1v) is 9.17. The predicted molar refractivity (Wildman–Crippen MR) is 108 cm³/mol. The third kappa shape index (κ3) is 4.28. The van der Waals surface area contributed by atoms with Crippen molar-refractivity contribution in [3.8, 4) is 0 Å². The van der Waals surface area contributed by atoms with Gasteiger partial charge in [-0.15, -0.1) is 0 Å². The summed E-state index contributed by atoms with van der Waals surface area (Å²) in [5.41, 5.74) is 1.70. The average molecular weight is 378 g/mol. The van der Waals surface area contributed by atoms with Gasteiger partial charge >= 0.3 is 0 Å². The van der Waals surface area contributed by atoms with Crippen molar-refractivity contribution in [3.63, 3.8) is 0 Å². The molecule has 0 aliphatic heterocycles. The maximum atomic E-state index is 12.9. The fraction of sp³-hybridized carbons (Fsp3) is 0.227. The molecule has 2 aromatic carbocycles. The van der Waals surface area contributed by atoms with Crippen LogP contribution in [-0.4, -0.2) is 29.8 Å². The summed E-state index contributed by atoms with van der Waals surface area (Å²) in [5.74, 6) is -0.857. The Balaban J connectivity index is 1.81. The Kier molecular flexibility index (Phi) is 5.89. The summed E-state index contributed by atoms with van der Waals surface area (Å²) in [4.78, 5) is 39.0. The minimum absolute atomic E-state index is 0.0687. The molecule has 3 rings (SSSR count). The van der Waals surface area contributed by atoms with Crippen LogP contribution in [0.5, 0.6) is 0 Å². The molecule has 144 valence electrons. The van der Waals surface area contributed by atoms with Crippen LogP contribution in [0.25, 0.3) is 11.0 Å². The van der Waals surface area contributed by atoms with Crippen LogP contribution in [0.4, 0.5) is 5.69 Å². The Bertz CT molecular complexity index is 1070. The lowest BCUT2D eigenvalue weighted by Crippen LogP contribution is -2.38. The van der Waals surface area contributed by atoms with Crippen LogP contribution in [0.2, 0.25) is 0 Å².